The second kappa shape index (κ2) is 24.0. The highest BCUT2D eigenvalue weighted by atomic mass is 35.5. The molecule has 56 heavy (non-hydrogen) atoms. The van der Waals surface area contributed by atoms with E-state index < -0.39 is 42.3 Å². The molecule has 3 amide bonds. The molecule has 17 heteroatoms. The molecule has 0 saturated carbocycles. The van der Waals surface area contributed by atoms with Gasteiger partial charge in [-0.25, -0.2) is 24.0 Å². The van der Waals surface area contributed by atoms with Crippen LogP contribution >= 0.6 is 0 Å². The van der Waals surface area contributed by atoms with Crippen molar-refractivity contribution in [2.75, 3.05) is 28.3 Å². The molecule has 2 atom stereocenters. The number of phenols is 1. The molecule has 0 bridgehead atoms. The van der Waals surface area contributed by atoms with Crippen molar-refractivity contribution in [2.24, 2.45) is 0 Å². The lowest BCUT2D eigenvalue weighted by molar-refractivity contribution is -0.407. The topological polar surface area (TPSA) is 225 Å². The van der Waals surface area contributed by atoms with Crippen LogP contribution in [0.5, 0.6) is 23.0 Å². The average Bonchev–Trinajstić information content (AvgIpc) is 3.20. The fraction of sp³-hybridized carbons (Fsp3) is 0.256. The Hall–Kier alpha value is -6.52. The number of nitrogens with one attached hydrogen (secondary N) is 3. The summed E-state index contributed by atoms with van der Waals surface area (Å²) in [6.45, 7) is 0.321. The Balaban J connectivity index is 0.000000459. The number of ether oxygens (including phenoxy) is 6. The standard InChI is InChI=1S/C27H28N2O7.C12H16N2O5.ClH/c1-28-26(31)36-24-16-21(13-14-23(24)34-17-19-9-5-3-6-10-19)15-22(25(30)33-2)29-27(32)35-18-20-11-7-4-8-12-20;1-14-12(17)19-10-6-7(3-4-9(10)15)5-8(13)11(16)18-2;/h3-14,16,22H,15,17-18H2,1-2H3,(H,28,31)(H,29,32);3-4,6,8,15H,5,13H2,1-2H3,(H,14,17);1H/t22-;8-;/m00./s1. The minimum Gasteiger partial charge on any atom is -1.00 e. The molecule has 0 aliphatic heterocycles. The quantitative estimate of drug-likeness (QED) is 0.0866. The molecule has 4 aromatic rings. The maximum Gasteiger partial charge on any atom is 0.412 e. The number of carbonyl (C=O) groups excluding carboxylic acids is 5. The summed E-state index contributed by atoms with van der Waals surface area (Å²) in [5.41, 5.74) is 6.72. The smallest absolute Gasteiger partial charge is 0.412 e. The SMILES string of the molecule is CNC(=O)Oc1cc(C[C@H](NC(=O)OCc2ccccc2)C(=O)OC)ccc1OCc1ccccc1.CNC(=O)Oc1cc(C[C@H]([NH3+])C(=O)OC)ccc1O.[Cl-]. The van der Waals surface area contributed by atoms with Gasteiger partial charge in [-0.1, -0.05) is 72.8 Å². The van der Waals surface area contributed by atoms with E-state index in [-0.39, 0.29) is 49.3 Å². The second-order valence-electron chi connectivity index (χ2n) is 11.5. The van der Waals surface area contributed by atoms with Crippen molar-refractivity contribution in [1.29, 1.82) is 0 Å². The van der Waals surface area contributed by atoms with Gasteiger partial charge in [0.25, 0.3) is 0 Å². The highest BCUT2D eigenvalue weighted by Gasteiger charge is 2.24. The Labute approximate surface area is 330 Å². The molecule has 0 aliphatic carbocycles. The van der Waals surface area contributed by atoms with E-state index >= 15 is 0 Å². The summed E-state index contributed by atoms with van der Waals surface area (Å²) in [4.78, 5) is 58.9. The number of hydrogen-bond acceptors (Lipinski definition) is 12. The van der Waals surface area contributed by atoms with Crippen LogP contribution in [-0.2, 0) is 49.9 Å². The van der Waals surface area contributed by atoms with Gasteiger partial charge in [0, 0.05) is 26.9 Å². The molecule has 0 radical (unpaired) electrons. The molecule has 0 heterocycles. The second-order valence-corrected chi connectivity index (χ2v) is 11.5. The summed E-state index contributed by atoms with van der Waals surface area (Å²) >= 11 is 0. The number of amides is 3. The largest absolute Gasteiger partial charge is 1.00 e. The van der Waals surface area contributed by atoms with Gasteiger partial charge in [-0.15, -0.1) is 0 Å². The summed E-state index contributed by atoms with van der Waals surface area (Å²) in [5, 5.41) is 16.7. The third-order valence-corrected chi connectivity index (χ3v) is 7.53. The van der Waals surface area contributed by atoms with Crippen LogP contribution < -0.4 is 48.3 Å². The third-order valence-electron chi connectivity index (χ3n) is 7.53. The van der Waals surface area contributed by atoms with Crippen LogP contribution in [0.1, 0.15) is 22.3 Å². The molecule has 0 saturated heterocycles. The number of carbonyl (C=O) groups is 5. The van der Waals surface area contributed by atoms with Crippen LogP contribution in [0.2, 0.25) is 0 Å². The van der Waals surface area contributed by atoms with Crippen LogP contribution in [0.4, 0.5) is 14.4 Å². The Bertz CT molecular complexity index is 1880. The van der Waals surface area contributed by atoms with Crippen LogP contribution in [0.25, 0.3) is 0 Å². The summed E-state index contributed by atoms with van der Waals surface area (Å²) in [5.74, 6) is -0.708. The number of hydrogen-bond donors (Lipinski definition) is 5. The summed E-state index contributed by atoms with van der Waals surface area (Å²) in [6, 6.07) is 26.5. The van der Waals surface area contributed by atoms with Gasteiger partial charge in [-0.3, -0.25) is 0 Å². The number of quaternary nitrogens is 1. The minimum atomic E-state index is -1.03. The summed E-state index contributed by atoms with van der Waals surface area (Å²) < 4.78 is 30.7. The van der Waals surface area contributed by atoms with E-state index in [1.165, 1.54) is 40.4 Å². The van der Waals surface area contributed by atoms with Crippen molar-refractivity contribution in [3.8, 4) is 23.0 Å². The van der Waals surface area contributed by atoms with Gasteiger partial charge in [0.1, 0.15) is 19.3 Å². The molecule has 0 aliphatic rings. The first-order valence-corrected chi connectivity index (χ1v) is 16.8. The Morgan fingerprint density at radius 2 is 1.14 bits per heavy atom. The van der Waals surface area contributed by atoms with E-state index in [4.69, 9.17) is 23.7 Å². The number of benzene rings is 4. The van der Waals surface area contributed by atoms with Gasteiger partial charge in [-0.05, 0) is 46.5 Å². The zero-order valence-electron chi connectivity index (χ0n) is 31.2. The number of methoxy groups -OCH3 is 2. The first-order valence-electron chi connectivity index (χ1n) is 16.8. The van der Waals surface area contributed by atoms with Crippen molar-refractivity contribution >= 4 is 30.2 Å². The number of halogens is 1. The predicted octanol–water partition coefficient (Wildman–Crippen LogP) is 0.435. The van der Waals surface area contributed by atoms with Gasteiger partial charge in [-0.2, -0.15) is 0 Å². The maximum absolute atomic E-state index is 12.3. The fourth-order valence-corrected chi connectivity index (χ4v) is 4.70. The molecule has 0 fully saturated rings. The normalized spacial score (nSPS) is 11.0. The monoisotopic (exact) mass is 796 g/mol. The van der Waals surface area contributed by atoms with E-state index in [1.807, 2.05) is 60.7 Å². The highest BCUT2D eigenvalue weighted by molar-refractivity contribution is 5.81. The maximum atomic E-state index is 12.3. The number of phenolic OH excluding ortho intramolecular Hbond substituents is 1. The number of rotatable bonds is 14. The first kappa shape index (κ1) is 45.6. The number of alkyl carbamates (subject to hydrolysis) is 1. The lowest BCUT2D eigenvalue weighted by Gasteiger charge is -2.18. The minimum absolute atomic E-state index is 0. The molecule has 0 aromatic heterocycles. The van der Waals surface area contributed by atoms with Gasteiger partial charge >= 0.3 is 30.2 Å². The fourth-order valence-electron chi connectivity index (χ4n) is 4.70. The molecular formula is C39H45ClN4O12. The summed E-state index contributed by atoms with van der Waals surface area (Å²) in [7, 11) is 5.37. The third kappa shape index (κ3) is 15.5. The molecule has 4 rings (SSSR count). The Morgan fingerprint density at radius 1 is 0.625 bits per heavy atom. The van der Waals surface area contributed by atoms with E-state index in [0.717, 1.165) is 11.1 Å². The lowest BCUT2D eigenvalue weighted by atomic mass is 10.1. The van der Waals surface area contributed by atoms with Gasteiger partial charge in [0.15, 0.2) is 29.0 Å². The van der Waals surface area contributed by atoms with Crippen LogP contribution in [0.3, 0.4) is 0 Å². The highest BCUT2D eigenvalue weighted by Crippen LogP contribution is 2.30. The van der Waals surface area contributed by atoms with E-state index in [1.54, 1.807) is 24.3 Å². The molecule has 300 valence electrons. The Kier molecular flexibility index (Phi) is 19.6. The lowest BCUT2D eigenvalue weighted by Crippen LogP contribution is -3.00. The number of aromatic hydroxyl groups is 1. The van der Waals surface area contributed by atoms with Gasteiger partial charge in [0.2, 0.25) is 0 Å². The van der Waals surface area contributed by atoms with Crippen molar-refractivity contribution in [1.82, 2.24) is 16.0 Å². The van der Waals surface area contributed by atoms with E-state index in [2.05, 4.69) is 26.4 Å². The molecule has 0 unspecified atom stereocenters. The molecule has 0 spiro atoms. The number of esters is 2. The zero-order chi connectivity index (χ0) is 40.2. The first-order chi connectivity index (χ1) is 26.5. The van der Waals surface area contributed by atoms with Gasteiger partial charge in [0.05, 0.1) is 14.2 Å². The van der Waals surface area contributed by atoms with Crippen LogP contribution in [0, 0.1) is 0 Å². The average molecular weight is 797 g/mol. The van der Waals surface area contributed by atoms with Crippen LogP contribution in [-0.4, -0.2) is 75.7 Å². The zero-order valence-corrected chi connectivity index (χ0v) is 32.0. The van der Waals surface area contributed by atoms with E-state index in [9.17, 15) is 29.1 Å². The predicted molar refractivity (Wildman–Crippen MR) is 197 cm³/mol. The van der Waals surface area contributed by atoms with Crippen molar-refractivity contribution in [3.05, 3.63) is 119 Å². The summed E-state index contributed by atoms with van der Waals surface area (Å²) in [6.07, 6.45) is -1.75. The van der Waals surface area contributed by atoms with Gasteiger partial charge < -0.3 is 67.6 Å². The molecule has 16 nitrogen and oxygen atoms in total. The van der Waals surface area contributed by atoms with Crippen molar-refractivity contribution < 1.29 is 75.6 Å². The molecule has 7 N–H and O–H groups in total. The van der Waals surface area contributed by atoms with Crippen molar-refractivity contribution in [2.45, 2.75) is 38.1 Å². The molecular weight excluding hydrogens is 752 g/mol. The Morgan fingerprint density at radius 3 is 1.71 bits per heavy atom. The van der Waals surface area contributed by atoms with Crippen molar-refractivity contribution in [3.63, 3.8) is 0 Å². The molecule has 4 aromatic carbocycles. The van der Waals surface area contributed by atoms with E-state index in [0.29, 0.717) is 23.3 Å². The van der Waals surface area contributed by atoms with Crippen LogP contribution in [0.15, 0.2) is 97.1 Å².